The summed E-state index contributed by atoms with van der Waals surface area (Å²) >= 11 is 0. The highest BCUT2D eigenvalue weighted by molar-refractivity contribution is 5.70. The average molecular weight is 950 g/mol. The van der Waals surface area contributed by atoms with Gasteiger partial charge in [-0.15, -0.1) is 0 Å². The van der Waals surface area contributed by atoms with Crippen LogP contribution in [0.2, 0.25) is 0 Å². The van der Waals surface area contributed by atoms with E-state index >= 15 is 0 Å². The number of hydrogen-bond acceptors (Lipinski definition) is 26. The van der Waals surface area contributed by atoms with Crippen molar-refractivity contribution >= 4 is 59.7 Å². The van der Waals surface area contributed by atoms with Gasteiger partial charge in [0.2, 0.25) is 0 Å². The molecule has 3 heterocycles. The molecule has 15 atom stereocenters. The van der Waals surface area contributed by atoms with Gasteiger partial charge in [-0.2, -0.15) is 0 Å². The van der Waals surface area contributed by atoms with Crippen LogP contribution in [0.4, 0.5) is 0 Å². The van der Waals surface area contributed by atoms with Crippen LogP contribution in [-0.4, -0.2) is 172 Å². The van der Waals surface area contributed by atoms with E-state index < -0.39 is 172 Å². The summed E-state index contributed by atoms with van der Waals surface area (Å²) in [5, 5.41) is 3.49. The van der Waals surface area contributed by atoms with Crippen LogP contribution in [0.3, 0.4) is 0 Å². The van der Waals surface area contributed by atoms with Crippen molar-refractivity contribution in [1.82, 2.24) is 0 Å². The SMILES string of the molecule is CC(=O)OC[C@H]1O[C@@H](N=[N+]=[N-])[C@H](OC(C)=O)[C@@H](OC(C)=O)[C@@H]1O[C@H]1O[C@H](COC(C)=O)[C@@H](O[C@H]2O[C@H](COC(C)=O)[C@@H](OC(C)=O)[C@H](OC(C)=O)[C@H]2OC(C)=O)[C@H](OC(C)=O)[C@H]1OC(C)=O. The van der Waals surface area contributed by atoms with Crippen molar-refractivity contribution in [2.45, 2.75) is 161 Å². The van der Waals surface area contributed by atoms with Crippen molar-refractivity contribution in [3.05, 3.63) is 10.4 Å². The third-order valence-corrected chi connectivity index (χ3v) is 9.01. The first-order chi connectivity index (χ1) is 30.9. The third-order valence-electron chi connectivity index (χ3n) is 9.01. The van der Waals surface area contributed by atoms with Gasteiger partial charge in [-0.05, 0) is 5.53 Å². The minimum atomic E-state index is -2.05. The van der Waals surface area contributed by atoms with E-state index in [9.17, 15) is 53.5 Å². The largest absolute Gasteiger partial charge is 0.463 e. The maximum Gasteiger partial charge on any atom is 0.303 e. The highest BCUT2D eigenvalue weighted by Crippen LogP contribution is 2.38. The quantitative estimate of drug-likeness (QED) is 0.0547. The zero-order valence-electron chi connectivity index (χ0n) is 37.3. The van der Waals surface area contributed by atoms with Gasteiger partial charge < -0.3 is 71.1 Å². The minimum absolute atomic E-state index is 0.689. The molecule has 3 rings (SSSR count). The Balaban J connectivity index is 2.30. The van der Waals surface area contributed by atoms with Crippen LogP contribution in [0, 0.1) is 0 Å². The highest BCUT2D eigenvalue weighted by atomic mass is 16.8. The van der Waals surface area contributed by atoms with Crippen molar-refractivity contribution < 1.29 is 119 Å². The van der Waals surface area contributed by atoms with Crippen LogP contribution >= 0.6 is 0 Å². The van der Waals surface area contributed by atoms with E-state index in [1.807, 2.05) is 0 Å². The Morgan fingerprint density at radius 1 is 0.379 bits per heavy atom. The molecule has 3 aliphatic heterocycles. The topological polar surface area (TPSA) is 358 Å². The van der Waals surface area contributed by atoms with E-state index in [2.05, 4.69) is 10.0 Å². The lowest BCUT2D eigenvalue weighted by Crippen LogP contribution is -2.68. The van der Waals surface area contributed by atoms with Crippen molar-refractivity contribution in [1.29, 1.82) is 0 Å². The van der Waals surface area contributed by atoms with Gasteiger partial charge in [0.05, 0.1) is 0 Å². The predicted molar refractivity (Wildman–Crippen MR) is 204 cm³/mol. The Bertz CT molecular complexity index is 1870. The molecule has 0 aliphatic carbocycles. The van der Waals surface area contributed by atoms with Gasteiger partial charge in [-0.3, -0.25) is 47.9 Å². The van der Waals surface area contributed by atoms with Gasteiger partial charge in [0.15, 0.2) is 61.5 Å². The molecule has 0 bridgehead atoms. The second-order valence-corrected chi connectivity index (χ2v) is 14.5. The molecule has 0 unspecified atom stereocenters. The summed E-state index contributed by atoms with van der Waals surface area (Å²) in [7, 11) is 0. The maximum absolute atomic E-state index is 12.9. The van der Waals surface area contributed by atoms with Crippen molar-refractivity contribution in [2.75, 3.05) is 19.8 Å². The van der Waals surface area contributed by atoms with E-state index in [1.165, 1.54) is 0 Å². The Labute approximate surface area is 375 Å². The standard InChI is InChI=1S/C38H51N3O25/c1-14(42)52-11-24-28(30(56-18(5)46)33(59-21(8)49)36(62-24)40-41-39)65-38-35(61-23(10)51)32(58-20(7)48)29(26(64-38)13-54-16(3)44)66-37-34(60-22(9)50)31(57-19(6)47)27(55-17(4)45)25(63-37)12-53-15(2)43/h24-38H,11-13H2,1-10H3/t24-,25-,26-,27-,28-,29-,30+,31+,32+,33-,34-,35-,36-,37-,38-/m1/s1. The van der Waals surface area contributed by atoms with E-state index in [4.69, 9.17) is 71.1 Å². The summed E-state index contributed by atoms with van der Waals surface area (Å²) in [6.07, 6.45) is -27.1. The molecule has 0 saturated carbocycles. The number of carbonyl (C=O) groups excluding carboxylic acids is 10. The number of carbonyl (C=O) groups is 10. The molecular weight excluding hydrogens is 898 g/mol. The summed E-state index contributed by atoms with van der Waals surface area (Å²) in [6.45, 7) is 7.58. The first kappa shape index (κ1) is 54.1. The average Bonchev–Trinajstić information content (AvgIpc) is 3.17. The fraction of sp³-hybridized carbons (Fsp3) is 0.737. The van der Waals surface area contributed by atoms with Gasteiger partial charge in [0, 0.05) is 74.1 Å². The monoisotopic (exact) mass is 949 g/mol. The summed E-state index contributed by atoms with van der Waals surface area (Å²) in [6, 6.07) is 0. The number of nitrogens with zero attached hydrogens (tertiary/aromatic N) is 3. The van der Waals surface area contributed by atoms with Crippen LogP contribution in [0.15, 0.2) is 5.11 Å². The van der Waals surface area contributed by atoms with Crippen LogP contribution in [0.25, 0.3) is 10.4 Å². The highest BCUT2D eigenvalue weighted by Gasteiger charge is 2.60. The van der Waals surface area contributed by atoms with Crippen molar-refractivity contribution in [2.24, 2.45) is 5.11 Å². The zero-order chi connectivity index (χ0) is 49.6. The van der Waals surface area contributed by atoms with Gasteiger partial charge in [-0.1, -0.05) is 5.11 Å². The molecule has 0 aromatic rings. The molecule has 0 spiro atoms. The molecule has 0 aromatic heterocycles. The molecule has 3 aliphatic rings. The molecule has 0 amide bonds. The lowest BCUT2D eigenvalue weighted by molar-refractivity contribution is -0.373. The molecule has 368 valence electrons. The summed E-state index contributed by atoms with van der Waals surface area (Å²) < 4.78 is 85.0. The summed E-state index contributed by atoms with van der Waals surface area (Å²) in [4.78, 5) is 127. The van der Waals surface area contributed by atoms with E-state index in [0.29, 0.717) is 0 Å². The molecule has 3 fully saturated rings. The fourth-order valence-corrected chi connectivity index (χ4v) is 6.92. The van der Waals surface area contributed by atoms with Crippen LogP contribution in [0.5, 0.6) is 0 Å². The Hall–Kier alpha value is -6.19. The third kappa shape index (κ3) is 16.1. The second kappa shape index (κ2) is 24.9. The maximum atomic E-state index is 12.9. The molecular formula is C38H51N3O25. The van der Waals surface area contributed by atoms with E-state index in [1.54, 1.807) is 0 Å². The Morgan fingerprint density at radius 2 is 0.652 bits per heavy atom. The number of rotatable bonds is 18. The second-order valence-electron chi connectivity index (χ2n) is 14.5. The van der Waals surface area contributed by atoms with E-state index in [0.717, 1.165) is 69.2 Å². The van der Waals surface area contributed by atoms with Crippen molar-refractivity contribution in [3.8, 4) is 0 Å². The van der Waals surface area contributed by atoms with Gasteiger partial charge in [-0.25, -0.2) is 0 Å². The Kier molecular flexibility index (Phi) is 20.4. The smallest absolute Gasteiger partial charge is 0.303 e. The molecule has 28 nitrogen and oxygen atoms in total. The van der Waals surface area contributed by atoms with Crippen molar-refractivity contribution in [3.63, 3.8) is 0 Å². The van der Waals surface area contributed by atoms with E-state index in [-0.39, 0.29) is 0 Å². The minimum Gasteiger partial charge on any atom is -0.463 e. The normalized spacial score (nSPS) is 31.5. The first-order valence-corrected chi connectivity index (χ1v) is 19.8. The van der Waals surface area contributed by atoms with Gasteiger partial charge in [0.1, 0.15) is 50.3 Å². The Morgan fingerprint density at radius 3 is 0.985 bits per heavy atom. The summed E-state index contributed by atoms with van der Waals surface area (Å²) in [5.41, 5.74) is 9.33. The van der Waals surface area contributed by atoms with Gasteiger partial charge >= 0.3 is 59.7 Å². The molecule has 3 saturated heterocycles. The lowest BCUT2D eigenvalue weighted by atomic mass is 9.95. The molecule has 0 N–H and O–H groups in total. The summed E-state index contributed by atoms with van der Waals surface area (Å²) in [5.74, 6) is -9.69. The zero-order valence-corrected chi connectivity index (χ0v) is 37.3. The fourth-order valence-electron chi connectivity index (χ4n) is 6.92. The predicted octanol–water partition coefficient (Wildman–Crippen LogP) is -0.547. The molecule has 28 heteroatoms. The molecule has 0 radical (unpaired) electrons. The first-order valence-electron chi connectivity index (χ1n) is 19.8. The number of ether oxygens (including phenoxy) is 15. The van der Waals surface area contributed by atoms with Crippen LogP contribution < -0.4 is 0 Å². The lowest BCUT2D eigenvalue weighted by Gasteiger charge is -2.50. The number of hydrogen-bond donors (Lipinski definition) is 0. The number of esters is 10. The van der Waals surface area contributed by atoms with Crippen LogP contribution in [0.1, 0.15) is 69.2 Å². The molecule has 0 aromatic carbocycles. The van der Waals surface area contributed by atoms with Gasteiger partial charge in [0.25, 0.3) is 0 Å². The number of azide groups is 1. The van der Waals surface area contributed by atoms with Crippen LogP contribution in [-0.2, 0) is 119 Å². The molecule has 66 heavy (non-hydrogen) atoms.